The van der Waals surface area contributed by atoms with Gasteiger partial charge in [-0.15, -0.1) is 11.3 Å². The number of nitrogens with two attached hydrogens (primary N) is 1. The summed E-state index contributed by atoms with van der Waals surface area (Å²) in [4.78, 5) is 31.0. The third-order valence-corrected chi connectivity index (χ3v) is 3.94. The van der Waals surface area contributed by atoms with Crippen LogP contribution < -0.4 is 5.73 Å². The molecule has 2 heterocycles. The van der Waals surface area contributed by atoms with Crippen molar-refractivity contribution in [3.05, 3.63) is 16.1 Å². The molecule has 3 N–H and O–H groups in total. The van der Waals surface area contributed by atoms with Gasteiger partial charge in [0.05, 0.1) is 0 Å². The molecule has 7 nitrogen and oxygen atoms in total. The molecule has 0 aromatic carbocycles. The van der Waals surface area contributed by atoms with Gasteiger partial charge in [-0.3, -0.25) is 4.79 Å². The van der Waals surface area contributed by atoms with Gasteiger partial charge in [-0.05, 0) is 20.5 Å². The van der Waals surface area contributed by atoms with Crippen molar-refractivity contribution >= 4 is 23.2 Å². The fourth-order valence-electron chi connectivity index (χ4n) is 2.23. The van der Waals surface area contributed by atoms with Crippen LogP contribution in [0.3, 0.4) is 0 Å². The minimum atomic E-state index is -1.02. The molecule has 1 saturated heterocycles. The molecule has 8 heteroatoms. The minimum absolute atomic E-state index is 0.260. The molecule has 1 fully saturated rings. The molecule has 0 spiro atoms. The second-order valence-corrected chi connectivity index (χ2v) is 6.11. The molecule has 1 amide bonds. The number of carboxylic acids is 1. The van der Waals surface area contributed by atoms with E-state index in [1.807, 2.05) is 19.0 Å². The van der Waals surface area contributed by atoms with Crippen molar-refractivity contribution in [1.82, 2.24) is 14.8 Å². The van der Waals surface area contributed by atoms with Gasteiger partial charge in [0.15, 0.2) is 0 Å². The summed E-state index contributed by atoms with van der Waals surface area (Å²) < 4.78 is 0. The van der Waals surface area contributed by atoms with Crippen molar-refractivity contribution in [1.29, 1.82) is 0 Å². The van der Waals surface area contributed by atoms with Crippen molar-refractivity contribution in [2.75, 3.05) is 20.6 Å². The highest BCUT2D eigenvalue weighted by Crippen LogP contribution is 2.21. The number of hydrogen-bond acceptors (Lipinski definition) is 6. The molecule has 1 aromatic rings. The lowest BCUT2D eigenvalue weighted by molar-refractivity contribution is -0.141. The lowest BCUT2D eigenvalue weighted by Crippen LogP contribution is -2.41. The summed E-state index contributed by atoms with van der Waals surface area (Å²) in [5.41, 5.74) is 6.06. The van der Waals surface area contributed by atoms with Crippen LogP contribution in [-0.2, 0) is 11.3 Å². The molecule has 2 rings (SSSR count). The van der Waals surface area contributed by atoms with Crippen LogP contribution in [0.4, 0.5) is 0 Å². The number of aromatic nitrogens is 1. The van der Waals surface area contributed by atoms with Gasteiger partial charge in [-0.2, -0.15) is 0 Å². The highest BCUT2D eigenvalue weighted by Gasteiger charge is 2.39. The number of carbonyl (C=O) groups is 2. The highest BCUT2D eigenvalue weighted by atomic mass is 32.1. The van der Waals surface area contributed by atoms with E-state index in [2.05, 4.69) is 4.98 Å². The largest absolute Gasteiger partial charge is 0.480 e. The van der Waals surface area contributed by atoms with E-state index in [1.165, 1.54) is 16.2 Å². The van der Waals surface area contributed by atoms with Crippen molar-refractivity contribution in [3.63, 3.8) is 0 Å². The topological polar surface area (TPSA) is 99.8 Å². The zero-order valence-electron chi connectivity index (χ0n) is 11.4. The van der Waals surface area contributed by atoms with Gasteiger partial charge in [0.25, 0.3) is 5.91 Å². The van der Waals surface area contributed by atoms with E-state index in [-0.39, 0.29) is 24.9 Å². The standard InChI is InChI=1S/C12H18N4O3S/c1-15(2)5-10-14-8(6-20-10)11(17)16-4-7(13)3-9(16)12(18)19/h6-7,9H,3-5,13H2,1-2H3,(H,18,19)/t7-,9-/m0/s1. The first-order chi connectivity index (χ1) is 9.38. The third-order valence-electron chi connectivity index (χ3n) is 3.10. The molecule has 1 aliphatic rings. The van der Waals surface area contributed by atoms with Gasteiger partial charge < -0.3 is 20.6 Å². The molecule has 110 valence electrons. The predicted octanol–water partition coefficient (Wildman–Crippen LogP) is -0.169. The van der Waals surface area contributed by atoms with Crippen LogP contribution in [0.25, 0.3) is 0 Å². The molecule has 0 saturated carbocycles. The van der Waals surface area contributed by atoms with Gasteiger partial charge in [0.1, 0.15) is 16.7 Å². The molecular formula is C12H18N4O3S. The third kappa shape index (κ3) is 3.14. The summed E-state index contributed by atoms with van der Waals surface area (Å²) >= 11 is 1.40. The van der Waals surface area contributed by atoms with Crippen LogP contribution in [0.1, 0.15) is 21.9 Å². The van der Waals surface area contributed by atoms with E-state index in [4.69, 9.17) is 10.8 Å². The number of nitrogens with zero attached hydrogens (tertiary/aromatic N) is 3. The molecular weight excluding hydrogens is 280 g/mol. The Bertz CT molecular complexity index is 517. The lowest BCUT2D eigenvalue weighted by atomic mass is 10.2. The summed E-state index contributed by atoms with van der Waals surface area (Å²) in [7, 11) is 3.84. The fourth-order valence-corrected chi connectivity index (χ4v) is 3.11. The Morgan fingerprint density at radius 1 is 1.60 bits per heavy atom. The van der Waals surface area contributed by atoms with Crippen molar-refractivity contribution in [2.24, 2.45) is 5.73 Å². The maximum atomic E-state index is 12.3. The second kappa shape index (κ2) is 5.86. The van der Waals surface area contributed by atoms with Crippen LogP contribution in [0, 0.1) is 0 Å². The summed E-state index contributed by atoms with van der Waals surface area (Å²) in [5.74, 6) is -1.37. The zero-order chi connectivity index (χ0) is 14.9. The number of hydrogen-bond donors (Lipinski definition) is 2. The fraction of sp³-hybridized carbons (Fsp3) is 0.583. The van der Waals surface area contributed by atoms with Crippen LogP contribution in [-0.4, -0.2) is 64.5 Å². The molecule has 0 unspecified atom stereocenters. The average Bonchev–Trinajstić information content (AvgIpc) is 2.94. The van der Waals surface area contributed by atoms with Gasteiger partial charge in [-0.25, -0.2) is 9.78 Å². The first-order valence-electron chi connectivity index (χ1n) is 6.27. The SMILES string of the molecule is CN(C)Cc1nc(C(=O)N2C[C@@H](N)C[C@H]2C(=O)O)cs1. The van der Waals surface area contributed by atoms with Crippen molar-refractivity contribution in [2.45, 2.75) is 25.0 Å². The number of aliphatic carboxylic acids is 1. The van der Waals surface area contributed by atoms with Crippen molar-refractivity contribution in [3.8, 4) is 0 Å². The first kappa shape index (κ1) is 14.9. The normalized spacial score (nSPS) is 22.5. The summed E-state index contributed by atoms with van der Waals surface area (Å²) in [6.07, 6.45) is 0.287. The Labute approximate surface area is 121 Å². The van der Waals surface area contributed by atoms with Crippen LogP contribution in [0.2, 0.25) is 0 Å². The molecule has 1 aliphatic heterocycles. The monoisotopic (exact) mass is 298 g/mol. The van der Waals surface area contributed by atoms with Crippen LogP contribution in [0.15, 0.2) is 5.38 Å². The summed E-state index contributed by atoms with van der Waals surface area (Å²) in [6, 6.07) is -1.14. The predicted molar refractivity (Wildman–Crippen MR) is 74.6 cm³/mol. The number of thiazole rings is 1. The molecule has 0 radical (unpaired) electrons. The van der Waals surface area contributed by atoms with E-state index in [0.717, 1.165) is 5.01 Å². The van der Waals surface area contributed by atoms with Crippen LogP contribution >= 0.6 is 11.3 Å². The van der Waals surface area contributed by atoms with Gasteiger partial charge >= 0.3 is 5.97 Å². The van der Waals surface area contributed by atoms with E-state index < -0.39 is 12.0 Å². The van der Waals surface area contributed by atoms with E-state index in [9.17, 15) is 9.59 Å². The second-order valence-electron chi connectivity index (χ2n) is 5.17. The number of carbonyl (C=O) groups excluding carboxylic acids is 1. The van der Waals surface area contributed by atoms with E-state index in [1.54, 1.807) is 5.38 Å². The average molecular weight is 298 g/mol. The molecule has 1 aromatic heterocycles. The highest BCUT2D eigenvalue weighted by molar-refractivity contribution is 7.09. The van der Waals surface area contributed by atoms with Crippen LogP contribution in [0.5, 0.6) is 0 Å². The first-order valence-corrected chi connectivity index (χ1v) is 7.15. The summed E-state index contributed by atoms with van der Waals surface area (Å²) in [5, 5.41) is 11.6. The number of likely N-dealkylation sites (tertiary alicyclic amines) is 1. The Morgan fingerprint density at radius 2 is 2.30 bits per heavy atom. The Kier molecular flexibility index (Phi) is 4.36. The van der Waals surface area contributed by atoms with Gasteiger partial charge in [0.2, 0.25) is 0 Å². The van der Waals surface area contributed by atoms with E-state index in [0.29, 0.717) is 12.2 Å². The minimum Gasteiger partial charge on any atom is -0.480 e. The maximum Gasteiger partial charge on any atom is 0.326 e. The molecule has 20 heavy (non-hydrogen) atoms. The Morgan fingerprint density at radius 3 is 2.90 bits per heavy atom. The number of rotatable bonds is 4. The lowest BCUT2D eigenvalue weighted by Gasteiger charge is -2.20. The molecule has 0 aliphatic carbocycles. The quantitative estimate of drug-likeness (QED) is 0.800. The zero-order valence-corrected chi connectivity index (χ0v) is 12.3. The number of amides is 1. The smallest absolute Gasteiger partial charge is 0.326 e. The van der Waals surface area contributed by atoms with Crippen molar-refractivity contribution < 1.29 is 14.7 Å². The van der Waals surface area contributed by atoms with E-state index >= 15 is 0 Å². The van der Waals surface area contributed by atoms with Gasteiger partial charge in [0, 0.05) is 24.5 Å². The number of carboxylic acid groups (broad SMARTS) is 1. The molecule has 0 bridgehead atoms. The molecule has 2 atom stereocenters. The maximum absolute atomic E-state index is 12.3. The van der Waals surface area contributed by atoms with Gasteiger partial charge in [-0.1, -0.05) is 0 Å². The Balaban J connectivity index is 2.14. The Hall–Kier alpha value is -1.51. The summed E-state index contributed by atoms with van der Waals surface area (Å²) in [6.45, 7) is 0.913.